The molecule has 3 aromatic rings. The third-order valence-electron chi connectivity index (χ3n) is 6.03. The number of guanidine groups is 1. The van der Waals surface area contributed by atoms with Gasteiger partial charge in [0.05, 0.1) is 6.04 Å². The zero-order valence-electron chi connectivity index (χ0n) is 19.2. The minimum Gasteiger partial charge on any atom is -0.309 e. The molecule has 0 radical (unpaired) electrons. The number of carbonyl (C=O) groups is 1. The lowest BCUT2D eigenvalue weighted by molar-refractivity contribution is 0.100. The SMILES string of the molecule is Cc1cccc(C)c1N1CC(C)N(c2c(C)cccc2C)C1=NC(=O)c1ccc(Cl)cc1. The van der Waals surface area contributed by atoms with E-state index in [1.807, 2.05) is 0 Å². The Morgan fingerprint density at radius 1 is 0.844 bits per heavy atom. The first-order chi connectivity index (χ1) is 15.3. The van der Waals surface area contributed by atoms with E-state index >= 15 is 0 Å². The number of aliphatic imine (C=N–C) groups is 1. The smallest absolute Gasteiger partial charge is 0.280 e. The van der Waals surface area contributed by atoms with Crippen LogP contribution < -0.4 is 9.80 Å². The Hall–Kier alpha value is -3.11. The summed E-state index contributed by atoms with van der Waals surface area (Å²) in [7, 11) is 0. The number of benzene rings is 3. The molecule has 0 aromatic heterocycles. The fourth-order valence-electron chi connectivity index (χ4n) is 4.55. The highest BCUT2D eigenvalue weighted by Crippen LogP contribution is 2.36. The van der Waals surface area contributed by atoms with Crippen molar-refractivity contribution in [2.75, 3.05) is 16.3 Å². The molecule has 0 saturated carbocycles. The molecule has 1 aliphatic rings. The Kier molecular flexibility index (Phi) is 6.07. The average molecular weight is 446 g/mol. The summed E-state index contributed by atoms with van der Waals surface area (Å²) in [5, 5.41) is 0.595. The van der Waals surface area contributed by atoms with E-state index in [0.29, 0.717) is 16.5 Å². The fourth-order valence-corrected chi connectivity index (χ4v) is 4.67. The van der Waals surface area contributed by atoms with Crippen LogP contribution in [0.1, 0.15) is 39.5 Å². The van der Waals surface area contributed by atoms with Gasteiger partial charge in [0.1, 0.15) is 0 Å². The van der Waals surface area contributed by atoms with E-state index in [0.717, 1.165) is 40.2 Å². The molecule has 1 aliphatic heterocycles. The van der Waals surface area contributed by atoms with E-state index in [9.17, 15) is 4.79 Å². The molecule has 1 amide bonds. The van der Waals surface area contributed by atoms with Crippen LogP contribution in [0.2, 0.25) is 5.02 Å². The molecule has 1 heterocycles. The van der Waals surface area contributed by atoms with Crippen molar-refractivity contribution in [3.63, 3.8) is 0 Å². The monoisotopic (exact) mass is 445 g/mol. The van der Waals surface area contributed by atoms with Crippen LogP contribution in [0.25, 0.3) is 0 Å². The van der Waals surface area contributed by atoms with E-state index in [1.165, 1.54) is 0 Å². The van der Waals surface area contributed by atoms with Crippen LogP contribution >= 0.6 is 11.6 Å². The number of hydrogen-bond donors (Lipinski definition) is 0. The van der Waals surface area contributed by atoms with Gasteiger partial charge < -0.3 is 9.80 Å². The zero-order valence-corrected chi connectivity index (χ0v) is 19.9. The van der Waals surface area contributed by atoms with Gasteiger partial charge in [0.2, 0.25) is 5.96 Å². The molecule has 164 valence electrons. The third-order valence-corrected chi connectivity index (χ3v) is 6.28. The van der Waals surface area contributed by atoms with Gasteiger partial charge in [-0.25, -0.2) is 0 Å². The van der Waals surface area contributed by atoms with Crippen molar-refractivity contribution in [3.8, 4) is 0 Å². The molecule has 0 N–H and O–H groups in total. The van der Waals surface area contributed by atoms with E-state index in [2.05, 4.69) is 80.8 Å². The molecule has 5 heteroatoms. The van der Waals surface area contributed by atoms with Crippen LogP contribution in [0.5, 0.6) is 0 Å². The van der Waals surface area contributed by atoms with Crippen LogP contribution in [0.4, 0.5) is 11.4 Å². The van der Waals surface area contributed by atoms with Crippen molar-refractivity contribution < 1.29 is 4.79 Å². The number of nitrogens with zero attached hydrogens (tertiary/aromatic N) is 3. The normalized spacial score (nSPS) is 17.3. The first kappa shape index (κ1) is 22.1. The molecule has 0 spiro atoms. The van der Waals surface area contributed by atoms with E-state index < -0.39 is 0 Å². The number of carbonyl (C=O) groups excluding carboxylic acids is 1. The van der Waals surface area contributed by atoms with Gasteiger partial charge in [0.25, 0.3) is 5.91 Å². The number of amides is 1. The van der Waals surface area contributed by atoms with Crippen molar-refractivity contribution in [1.29, 1.82) is 0 Å². The second-order valence-corrected chi connectivity index (χ2v) is 8.97. The summed E-state index contributed by atoms with van der Waals surface area (Å²) in [4.78, 5) is 22.3. The Labute approximate surface area is 195 Å². The second kappa shape index (κ2) is 8.79. The molecule has 1 unspecified atom stereocenters. The molecule has 4 rings (SSSR count). The molecular formula is C27H28ClN3O. The number of hydrogen-bond acceptors (Lipinski definition) is 1. The molecule has 3 aromatic carbocycles. The van der Waals surface area contributed by atoms with E-state index in [4.69, 9.17) is 16.6 Å². The topological polar surface area (TPSA) is 35.9 Å². The van der Waals surface area contributed by atoms with Gasteiger partial charge in [0.15, 0.2) is 0 Å². The molecular weight excluding hydrogens is 418 g/mol. The third kappa shape index (κ3) is 4.03. The summed E-state index contributed by atoms with van der Waals surface area (Å²) in [5.74, 6) is 0.380. The highest BCUT2D eigenvalue weighted by atomic mass is 35.5. The summed E-state index contributed by atoms with van der Waals surface area (Å²) < 4.78 is 0. The maximum atomic E-state index is 13.2. The first-order valence-electron chi connectivity index (χ1n) is 10.9. The fraction of sp³-hybridized carbons (Fsp3) is 0.259. The maximum absolute atomic E-state index is 13.2. The largest absolute Gasteiger partial charge is 0.309 e. The summed E-state index contributed by atoms with van der Waals surface area (Å²) in [6.45, 7) is 11.3. The summed E-state index contributed by atoms with van der Waals surface area (Å²) in [6.07, 6.45) is 0. The van der Waals surface area contributed by atoms with Crippen molar-refractivity contribution in [1.82, 2.24) is 0 Å². The molecule has 4 nitrogen and oxygen atoms in total. The Morgan fingerprint density at radius 3 is 1.88 bits per heavy atom. The lowest BCUT2D eigenvalue weighted by Gasteiger charge is -2.29. The van der Waals surface area contributed by atoms with Gasteiger partial charge >= 0.3 is 0 Å². The van der Waals surface area contributed by atoms with Crippen molar-refractivity contribution >= 4 is 34.8 Å². The Balaban J connectivity index is 1.90. The van der Waals surface area contributed by atoms with Gasteiger partial charge in [0, 0.05) is 28.5 Å². The predicted molar refractivity (Wildman–Crippen MR) is 134 cm³/mol. The van der Waals surface area contributed by atoms with Crippen LogP contribution in [0.3, 0.4) is 0 Å². The zero-order chi connectivity index (χ0) is 23.0. The minimum atomic E-state index is -0.279. The standard InChI is InChI=1S/C27H28ClN3O/c1-17-8-6-9-18(2)24(17)30-16-21(5)31(25-19(3)10-7-11-20(25)4)27(30)29-26(32)22-12-14-23(28)15-13-22/h6-15,21H,16H2,1-5H3. The van der Waals surface area contributed by atoms with E-state index in [1.54, 1.807) is 24.3 Å². The summed E-state index contributed by atoms with van der Waals surface area (Å²) in [6, 6.07) is 19.6. The van der Waals surface area contributed by atoms with Gasteiger partial charge in [-0.1, -0.05) is 48.0 Å². The average Bonchev–Trinajstić information content (AvgIpc) is 3.04. The van der Waals surface area contributed by atoms with E-state index in [-0.39, 0.29) is 11.9 Å². The first-order valence-corrected chi connectivity index (χ1v) is 11.2. The predicted octanol–water partition coefficient (Wildman–Crippen LogP) is 6.49. The summed E-state index contributed by atoms with van der Waals surface area (Å²) >= 11 is 6.02. The Bertz CT molecular complexity index is 1160. The molecule has 0 aliphatic carbocycles. The van der Waals surface area contributed by atoms with Crippen molar-refractivity contribution in [2.24, 2.45) is 4.99 Å². The van der Waals surface area contributed by atoms with Gasteiger partial charge in [-0.15, -0.1) is 0 Å². The number of anilines is 2. The highest BCUT2D eigenvalue weighted by Gasteiger charge is 2.37. The minimum absolute atomic E-state index is 0.144. The van der Waals surface area contributed by atoms with Crippen molar-refractivity contribution in [2.45, 2.75) is 40.7 Å². The van der Waals surface area contributed by atoms with Crippen LogP contribution in [-0.2, 0) is 0 Å². The molecule has 1 atom stereocenters. The number of halogens is 1. The van der Waals surface area contributed by atoms with Gasteiger partial charge in [-0.05, 0) is 81.1 Å². The van der Waals surface area contributed by atoms with Gasteiger partial charge in [-0.3, -0.25) is 4.79 Å². The number of aryl methyl sites for hydroxylation is 4. The van der Waals surface area contributed by atoms with Crippen molar-refractivity contribution in [3.05, 3.63) is 93.5 Å². The quantitative estimate of drug-likeness (QED) is 0.462. The highest BCUT2D eigenvalue weighted by molar-refractivity contribution is 6.30. The lowest BCUT2D eigenvalue weighted by Crippen LogP contribution is -2.37. The number of rotatable bonds is 3. The number of para-hydroxylation sites is 2. The molecule has 32 heavy (non-hydrogen) atoms. The molecule has 1 saturated heterocycles. The van der Waals surface area contributed by atoms with Crippen LogP contribution in [0.15, 0.2) is 65.7 Å². The van der Waals surface area contributed by atoms with Gasteiger partial charge in [-0.2, -0.15) is 4.99 Å². The van der Waals surface area contributed by atoms with Crippen LogP contribution in [-0.4, -0.2) is 24.5 Å². The second-order valence-electron chi connectivity index (χ2n) is 8.53. The van der Waals surface area contributed by atoms with Crippen LogP contribution in [0, 0.1) is 27.7 Å². The maximum Gasteiger partial charge on any atom is 0.280 e. The summed E-state index contributed by atoms with van der Waals surface area (Å²) in [5.41, 5.74) is 7.37. The molecule has 0 bridgehead atoms. The lowest BCUT2D eigenvalue weighted by atomic mass is 10.1. The molecule has 1 fully saturated rings. The Morgan fingerprint density at radius 2 is 1.34 bits per heavy atom.